The molecule has 7 nitrogen and oxygen atoms in total. The predicted octanol–water partition coefficient (Wildman–Crippen LogP) is -0.899. The molecule has 0 aliphatic carbocycles. The van der Waals surface area contributed by atoms with Gasteiger partial charge in [-0.1, -0.05) is 0 Å². The molecule has 104 valence electrons. The summed E-state index contributed by atoms with van der Waals surface area (Å²) in [5, 5.41) is 0. The molecule has 0 bridgehead atoms. The van der Waals surface area contributed by atoms with Crippen molar-refractivity contribution in [3.63, 3.8) is 0 Å². The van der Waals surface area contributed by atoms with Crippen molar-refractivity contribution in [2.24, 2.45) is 5.73 Å². The van der Waals surface area contributed by atoms with Gasteiger partial charge in [0.05, 0.1) is 6.61 Å². The number of amides is 1. The third kappa shape index (κ3) is 3.87. The lowest BCUT2D eigenvalue weighted by Gasteiger charge is -2.34. The second-order valence-corrected chi connectivity index (χ2v) is 4.26. The van der Waals surface area contributed by atoms with Crippen molar-refractivity contribution in [3.05, 3.63) is 18.5 Å². The Morgan fingerprint density at radius 3 is 2.58 bits per heavy atom. The Balaban J connectivity index is 1.77. The van der Waals surface area contributed by atoms with E-state index in [9.17, 15) is 4.79 Å². The fraction of sp³-hybridized carbons (Fsp3) is 0.583. The fourth-order valence-corrected chi connectivity index (χ4v) is 1.94. The number of nitrogens with two attached hydrogens (primary N) is 1. The van der Waals surface area contributed by atoms with Crippen LogP contribution in [0.5, 0.6) is 0 Å². The molecule has 1 aromatic rings. The van der Waals surface area contributed by atoms with Crippen LogP contribution in [0.25, 0.3) is 0 Å². The molecule has 1 amide bonds. The number of ether oxygens (including phenoxy) is 1. The van der Waals surface area contributed by atoms with Crippen molar-refractivity contribution < 1.29 is 9.53 Å². The summed E-state index contributed by atoms with van der Waals surface area (Å²) in [6.07, 6.45) is 3.45. The first kappa shape index (κ1) is 13.7. The molecule has 1 aliphatic heterocycles. The van der Waals surface area contributed by atoms with Gasteiger partial charge in [0.25, 0.3) is 0 Å². The van der Waals surface area contributed by atoms with E-state index in [1.165, 1.54) is 0 Å². The van der Waals surface area contributed by atoms with Gasteiger partial charge >= 0.3 is 0 Å². The van der Waals surface area contributed by atoms with E-state index in [4.69, 9.17) is 10.5 Å². The Kier molecular flexibility index (Phi) is 5.05. The van der Waals surface area contributed by atoms with Gasteiger partial charge in [-0.05, 0) is 6.07 Å². The van der Waals surface area contributed by atoms with Crippen molar-refractivity contribution in [2.45, 2.75) is 0 Å². The molecule has 19 heavy (non-hydrogen) atoms. The van der Waals surface area contributed by atoms with E-state index in [0.29, 0.717) is 32.2 Å². The summed E-state index contributed by atoms with van der Waals surface area (Å²) in [6.45, 7) is 3.79. The first-order valence-corrected chi connectivity index (χ1v) is 6.39. The van der Waals surface area contributed by atoms with Gasteiger partial charge in [0.15, 0.2) is 0 Å². The van der Waals surface area contributed by atoms with Gasteiger partial charge in [-0.15, -0.1) is 0 Å². The maximum Gasteiger partial charge on any atom is 0.248 e. The number of carbonyl (C=O) groups is 1. The summed E-state index contributed by atoms with van der Waals surface area (Å²) in [5.74, 6) is 0.732. The lowest BCUT2D eigenvalue weighted by molar-refractivity contribution is -0.136. The van der Waals surface area contributed by atoms with Gasteiger partial charge in [-0.25, -0.2) is 9.97 Å². The monoisotopic (exact) mass is 265 g/mol. The first-order chi connectivity index (χ1) is 9.31. The number of nitrogens with zero attached hydrogens (tertiary/aromatic N) is 4. The largest absolute Gasteiger partial charge is 0.370 e. The molecule has 1 aromatic heterocycles. The molecule has 7 heteroatoms. The third-order valence-corrected chi connectivity index (χ3v) is 2.96. The Bertz CT molecular complexity index is 392. The summed E-state index contributed by atoms with van der Waals surface area (Å²) in [5.41, 5.74) is 5.31. The zero-order chi connectivity index (χ0) is 13.5. The van der Waals surface area contributed by atoms with Crippen LogP contribution in [0.2, 0.25) is 0 Å². The molecular formula is C12H19N5O2. The summed E-state index contributed by atoms with van der Waals surface area (Å²) >= 11 is 0. The summed E-state index contributed by atoms with van der Waals surface area (Å²) in [4.78, 5) is 24.1. The quantitative estimate of drug-likeness (QED) is 0.695. The van der Waals surface area contributed by atoms with Crippen LogP contribution in [0.3, 0.4) is 0 Å². The summed E-state index contributed by atoms with van der Waals surface area (Å²) in [6, 6.07) is 1.79. The molecule has 1 fully saturated rings. The van der Waals surface area contributed by atoms with Crippen LogP contribution in [0.15, 0.2) is 18.5 Å². The van der Waals surface area contributed by atoms with E-state index in [0.717, 1.165) is 13.1 Å². The lowest BCUT2D eigenvalue weighted by Crippen LogP contribution is -2.50. The maximum atomic E-state index is 11.8. The molecular weight excluding hydrogens is 246 g/mol. The summed E-state index contributed by atoms with van der Waals surface area (Å²) in [7, 11) is 0. The van der Waals surface area contributed by atoms with Crippen LogP contribution in [0.1, 0.15) is 0 Å². The fourth-order valence-electron chi connectivity index (χ4n) is 1.94. The van der Waals surface area contributed by atoms with Crippen molar-refractivity contribution in [2.75, 3.05) is 50.8 Å². The SMILES string of the molecule is NCCOCC(=O)N1CCN(c2ncccn2)CC1. The van der Waals surface area contributed by atoms with Crippen molar-refractivity contribution in [1.82, 2.24) is 14.9 Å². The van der Waals surface area contributed by atoms with Crippen molar-refractivity contribution in [3.8, 4) is 0 Å². The number of rotatable bonds is 5. The van der Waals surface area contributed by atoms with Gasteiger partial charge in [-0.2, -0.15) is 0 Å². The van der Waals surface area contributed by atoms with E-state index in [2.05, 4.69) is 14.9 Å². The van der Waals surface area contributed by atoms with Gasteiger partial charge in [0.1, 0.15) is 6.61 Å². The highest BCUT2D eigenvalue weighted by Gasteiger charge is 2.22. The molecule has 0 spiro atoms. The van der Waals surface area contributed by atoms with Crippen LogP contribution in [0.4, 0.5) is 5.95 Å². The van der Waals surface area contributed by atoms with Gasteiger partial charge in [0.2, 0.25) is 11.9 Å². The molecule has 0 atom stereocenters. The topological polar surface area (TPSA) is 84.6 Å². The van der Waals surface area contributed by atoms with Crippen LogP contribution in [-0.2, 0) is 9.53 Å². The molecule has 1 saturated heterocycles. The molecule has 2 N–H and O–H groups in total. The highest BCUT2D eigenvalue weighted by molar-refractivity contribution is 5.77. The average molecular weight is 265 g/mol. The number of hydrogen-bond acceptors (Lipinski definition) is 6. The number of anilines is 1. The van der Waals surface area contributed by atoms with Crippen LogP contribution >= 0.6 is 0 Å². The standard InChI is InChI=1S/C12H19N5O2/c13-2-9-19-10-11(18)16-5-7-17(8-6-16)12-14-3-1-4-15-12/h1,3-4H,2,5-10,13H2. The second-order valence-electron chi connectivity index (χ2n) is 4.26. The Morgan fingerprint density at radius 2 is 1.95 bits per heavy atom. The van der Waals surface area contributed by atoms with Gasteiger partial charge < -0.3 is 20.3 Å². The minimum atomic E-state index is 0.0158. The van der Waals surface area contributed by atoms with E-state index in [1.54, 1.807) is 23.4 Å². The maximum absolute atomic E-state index is 11.8. The number of hydrogen-bond donors (Lipinski definition) is 1. The zero-order valence-electron chi connectivity index (χ0n) is 10.9. The highest BCUT2D eigenvalue weighted by atomic mass is 16.5. The molecule has 2 heterocycles. The molecule has 0 aromatic carbocycles. The Hall–Kier alpha value is -1.73. The first-order valence-electron chi connectivity index (χ1n) is 6.39. The third-order valence-electron chi connectivity index (χ3n) is 2.96. The van der Waals surface area contributed by atoms with E-state index in [-0.39, 0.29) is 12.5 Å². The molecule has 1 aliphatic rings. The van der Waals surface area contributed by atoms with Crippen LogP contribution < -0.4 is 10.6 Å². The second kappa shape index (κ2) is 7.01. The van der Waals surface area contributed by atoms with E-state index in [1.807, 2.05) is 0 Å². The van der Waals surface area contributed by atoms with Crippen LogP contribution in [-0.4, -0.2) is 66.7 Å². The molecule has 0 saturated carbocycles. The lowest BCUT2D eigenvalue weighted by atomic mass is 10.3. The number of piperazine rings is 1. The highest BCUT2D eigenvalue weighted by Crippen LogP contribution is 2.09. The van der Waals surface area contributed by atoms with Gasteiger partial charge in [-0.3, -0.25) is 4.79 Å². The normalized spacial score (nSPS) is 15.6. The molecule has 0 radical (unpaired) electrons. The smallest absolute Gasteiger partial charge is 0.248 e. The summed E-state index contributed by atoms with van der Waals surface area (Å²) < 4.78 is 5.15. The van der Waals surface area contributed by atoms with E-state index >= 15 is 0 Å². The minimum absolute atomic E-state index is 0.0158. The molecule has 2 rings (SSSR count). The predicted molar refractivity (Wildman–Crippen MR) is 70.7 cm³/mol. The van der Waals surface area contributed by atoms with E-state index < -0.39 is 0 Å². The Labute approximate surface area is 112 Å². The zero-order valence-corrected chi connectivity index (χ0v) is 10.9. The van der Waals surface area contributed by atoms with Crippen LogP contribution in [0, 0.1) is 0 Å². The molecule has 0 unspecified atom stereocenters. The number of carbonyl (C=O) groups excluding carboxylic acids is 1. The Morgan fingerprint density at radius 1 is 1.26 bits per heavy atom. The number of aromatic nitrogens is 2. The average Bonchev–Trinajstić information content (AvgIpc) is 2.48. The van der Waals surface area contributed by atoms with Crippen molar-refractivity contribution >= 4 is 11.9 Å². The van der Waals surface area contributed by atoms with Gasteiger partial charge in [0, 0.05) is 45.1 Å². The minimum Gasteiger partial charge on any atom is -0.370 e. The van der Waals surface area contributed by atoms with Crippen molar-refractivity contribution in [1.29, 1.82) is 0 Å².